The Balaban J connectivity index is 1.32. The molecule has 5 rings (SSSR count). The van der Waals surface area contributed by atoms with Gasteiger partial charge in [0.05, 0.1) is 23.7 Å². The molecule has 0 saturated heterocycles. The van der Waals surface area contributed by atoms with Crippen LogP contribution in [0.1, 0.15) is 48.9 Å². The van der Waals surface area contributed by atoms with Gasteiger partial charge in [-0.2, -0.15) is 0 Å². The molecule has 7 heteroatoms. The van der Waals surface area contributed by atoms with E-state index in [0.717, 1.165) is 32.1 Å². The number of hydrogen-bond donors (Lipinski definition) is 2. The minimum absolute atomic E-state index is 0.365. The topological polar surface area (TPSA) is 102 Å². The van der Waals surface area contributed by atoms with Crippen LogP contribution in [0.25, 0.3) is 0 Å². The summed E-state index contributed by atoms with van der Waals surface area (Å²) in [6.45, 7) is -0.368. The van der Waals surface area contributed by atoms with Crippen molar-refractivity contribution in [3.8, 4) is 0 Å². The van der Waals surface area contributed by atoms with Crippen LogP contribution in [0.4, 0.5) is 5.69 Å². The molecule has 4 saturated carbocycles. The molecule has 2 N–H and O–H groups in total. The number of carbonyl (C=O) groups excluding carboxylic acids is 3. The van der Waals surface area contributed by atoms with Gasteiger partial charge in [-0.3, -0.25) is 9.59 Å². The van der Waals surface area contributed by atoms with Crippen molar-refractivity contribution in [2.75, 3.05) is 19.0 Å². The molecule has 7 nitrogen and oxygen atoms in total. The molecule has 0 spiro atoms. The van der Waals surface area contributed by atoms with Crippen LogP contribution < -0.4 is 5.32 Å². The van der Waals surface area contributed by atoms with Gasteiger partial charge in [-0.15, -0.1) is 0 Å². The second-order valence-corrected chi connectivity index (χ2v) is 8.66. The number of ether oxygens (including phenoxy) is 2. The maximum Gasteiger partial charge on any atom is 0.337 e. The zero-order chi connectivity index (χ0) is 19.9. The highest BCUT2D eigenvalue weighted by Gasteiger charge is 2.60. The van der Waals surface area contributed by atoms with E-state index in [2.05, 4.69) is 10.1 Å². The fourth-order valence-corrected chi connectivity index (χ4v) is 5.74. The average Bonchev–Trinajstić information content (AvgIpc) is 2.64. The summed E-state index contributed by atoms with van der Waals surface area (Å²) in [4.78, 5) is 36.4. The van der Waals surface area contributed by atoms with E-state index in [1.165, 1.54) is 7.11 Å². The molecular weight excluding hydrogens is 362 g/mol. The maximum atomic E-state index is 12.8. The van der Waals surface area contributed by atoms with Gasteiger partial charge in [-0.1, -0.05) is 0 Å². The molecule has 0 aliphatic heterocycles. The first-order chi connectivity index (χ1) is 13.3. The Labute approximate surface area is 163 Å². The Morgan fingerprint density at radius 2 is 1.75 bits per heavy atom. The van der Waals surface area contributed by atoms with Crippen molar-refractivity contribution >= 4 is 23.5 Å². The fourth-order valence-electron chi connectivity index (χ4n) is 5.74. The lowest BCUT2D eigenvalue weighted by molar-refractivity contribution is -0.196. The second-order valence-electron chi connectivity index (χ2n) is 8.66. The van der Waals surface area contributed by atoms with E-state index in [1.807, 2.05) is 0 Å². The molecule has 1 aromatic carbocycles. The van der Waals surface area contributed by atoms with Crippen LogP contribution in [-0.4, -0.2) is 42.3 Å². The van der Waals surface area contributed by atoms with Crippen molar-refractivity contribution in [1.29, 1.82) is 0 Å². The van der Waals surface area contributed by atoms with E-state index in [0.29, 0.717) is 29.5 Å². The summed E-state index contributed by atoms with van der Waals surface area (Å²) in [5.74, 6) is -0.509. The molecule has 1 aromatic rings. The van der Waals surface area contributed by atoms with E-state index in [1.54, 1.807) is 24.3 Å². The van der Waals surface area contributed by atoms with Crippen LogP contribution >= 0.6 is 0 Å². The standard InChI is InChI=1S/C21H25NO6/c1-27-18(24)15-2-4-16(5-3-15)22-17(23)11-28-19(25)20-7-13-6-14(8-20)10-21(26,9-13)12-20/h2-5,13-14,26H,6-12H2,1H3,(H,22,23)/t13-,14+,20?,21?. The third kappa shape index (κ3) is 3.51. The van der Waals surface area contributed by atoms with E-state index in [9.17, 15) is 19.5 Å². The third-order valence-electron chi connectivity index (χ3n) is 6.39. The van der Waals surface area contributed by atoms with Crippen LogP contribution in [0.2, 0.25) is 0 Å². The van der Waals surface area contributed by atoms with Crippen molar-refractivity contribution < 1.29 is 29.0 Å². The molecule has 28 heavy (non-hydrogen) atoms. The number of rotatable bonds is 5. The van der Waals surface area contributed by atoms with Crippen molar-refractivity contribution in [2.24, 2.45) is 17.3 Å². The first-order valence-corrected chi connectivity index (χ1v) is 9.69. The normalized spacial score (nSPS) is 32.6. The Kier molecular flexibility index (Phi) is 4.65. The molecule has 0 heterocycles. The van der Waals surface area contributed by atoms with Crippen molar-refractivity contribution in [3.63, 3.8) is 0 Å². The van der Waals surface area contributed by atoms with Crippen LogP contribution in [0.15, 0.2) is 24.3 Å². The molecule has 4 atom stereocenters. The highest BCUT2D eigenvalue weighted by Crippen LogP contribution is 2.61. The summed E-state index contributed by atoms with van der Waals surface area (Å²) in [6, 6.07) is 6.26. The number of carbonyl (C=O) groups is 3. The minimum Gasteiger partial charge on any atom is -0.465 e. The summed E-state index contributed by atoms with van der Waals surface area (Å²) in [5, 5.41) is 13.4. The summed E-state index contributed by atoms with van der Waals surface area (Å²) >= 11 is 0. The summed E-state index contributed by atoms with van der Waals surface area (Å²) in [6.07, 6.45) is 4.59. The molecule has 0 radical (unpaired) electrons. The van der Waals surface area contributed by atoms with Crippen molar-refractivity contribution in [3.05, 3.63) is 29.8 Å². The summed E-state index contributed by atoms with van der Waals surface area (Å²) < 4.78 is 9.98. The molecule has 2 unspecified atom stereocenters. The van der Waals surface area contributed by atoms with Gasteiger partial charge in [0, 0.05) is 5.69 Å². The molecule has 4 fully saturated rings. The zero-order valence-electron chi connectivity index (χ0n) is 15.9. The molecular formula is C21H25NO6. The first-order valence-electron chi connectivity index (χ1n) is 9.69. The van der Waals surface area contributed by atoms with Gasteiger partial charge in [0.2, 0.25) is 0 Å². The average molecular weight is 387 g/mol. The highest BCUT2D eigenvalue weighted by molar-refractivity contribution is 5.94. The second kappa shape index (κ2) is 6.88. The Morgan fingerprint density at radius 3 is 2.32 bits per heavy atom. The van der Waals surface area contributed by atoms with Crippen molar-refractivity contribution in [2.45, 2.75) is 44.1 Å². The van der Waals surface area contributed by atoms with Gasteiger partial charge < -0.3 is 19.9 Å². The predicted molar refractivity (Wildman–Crippen MR) is 99.4 cm³/mol. The zero-order valence-corrected chi connectivity index (χ0v) is 15.9. The SMILES string of the molecule is COC(=O)c1ccc(NC(=O)COC(=O)C23C[C@@H]4C[C@@H](CC(O)(C4)C2)C3)cc1. The molecule has 4 aliphatic rings. The molecule has 0 aromatic heterocycles. The largest absolute Gasteiger partial charge is 0.465 e. The van der Waals surface area contributed by atoms with Crippen molar-refractivity contribution in [1.82, 2.24) is 0 Å². The quantitative estimate of drug-likeness (QED) is 0.752. The number of methoxy groups -OCH3 is 1. The number of anilines is 1. The van der Waals surface area contributed by atoms with Gasteiger partial charge in [0.25, 0.3) is 5.91 Å². The number of esters is 2. The van der Waals surface area contributed by atoms with Gasteiger partial charge in [0.15, 0.2) is 6.61 Å². The lowest BCUT2D eigenvalue weighted by Crippen LogP contribution is -2.58. The molecule has 1 amide bonds. The lowest BCUT2D eigenvalue weighted by atomic mass is 9.48. The maximum absolute atomic E-state index is 12.8. The van der Waals surface area contributed by atoms with Crippen LogP contribution in [-0.2, 0) is 19.1 Å². The van der Waals surface area contributed by atoms with E-state index in [4.69, 9.17) is 4.74 Å². The number of hydrogen-bond acceptors (Lipinski definition) is 6. The van der Waals surface area contributed by atoms with Crippen LogP contribution in [0.5, 0.6) is 0 Å². The van der Waals surface area contributed by atoms with Gasteiger partial charge in [0.1, 0.15) is 0 Å². The van der Waals surface area contributed by atoms with Crippen LogP contribution in [0, 0.1) is 17.3 Å². The van der Waals surface area contributed by atoms with E-state index in [-0.39, 0.29) is 12.6 Å². The van der Waals surface area contributed by atoms with Gasteiger partial charge in [-0.25, -0.2) is 4.79 Å². The lowest BCUT2D eigenvalue weighted by Gasteiger charge is -2.58. The van der Waals surface area contributed by atoms with Gasteiger partial charge >= 0.3 is 11.9 Å². The molecule has 4 bridgehead atoms. The highest BCUT2D eigenvalue weighted by atomic mass is 16.5. The number of amides is 1. The Morgan fingerprint density at radius 1 is 1.11 bits per heavy atom. The molecule has 150 valence electrons. The predicted octanol–water partition coefficient (Wildman–Crippen LogP) is 2.29. The third-order valence-corrected chi connectivity index (χ3v) is 6.39. The number of aliphatic hydroxyl groups is 1. The summed E-state index contributed by atoms with van der Waals surface area (Å²) in [7, 11) is 1.30. The number of benzene rings is 1. The number of nitrogens with one attached hydrogen (secondary N) is 1. The van der Waals surface area contributed by atoms with Crippen LogP contribution in [0.3, 0.4) is 0 Å². The van der Waals surface area contributed by atoms with E-state index >= 15 is 0 Å². The molecule has 4 aliphatic carbocycles. The fraction of sp³-hybridized carbons (Fsp3) is 0.571. The first kappa shape index (κ1) is 18.9. The Hall–Kier alpha value is -2.41. The smallest absolute Gasteiger partial charge is 0.337 e. The minimum atomic E-state index is -0.743. The monoisotopic (exact) mass is 387 g/mol. The Bertz CT molecular complexity index is 788. The summed E-state index contributed by atoms with van der Waals surface area (Å²) in [5.41, 5.74) is -0.502. The van der Waals surface area contributed by atoms with Gasteiger partial charge in [-0.05, 0) is 74.6 Å². The van der Waals surface area contributed by atoms with E-state index < -0.39 is 22.9 Å².